The van der Waals surface area contributed by atoms with Gasteiger partial charge in [-0.3, -0.25) is 9.69 Å². The van der Waals surface area contributed by atoms with E-state index in [1.54, 1.807) is 13.0 Å². The summed E-state index contributed by atoms with van der Waals surface area (Å²) in [5.41, 5.74) is 0. The predicted octanol–water partition coefficient (Wildman–Crippen LogP) is 2.45. The van der Waals surface area contributed by atoms with E-state index in [1.807, 2.05) is 11.9 Å². The third-order valence-electron chi connectivity index (χ3n) is 4.15. The van der Waals surface area contributed by atoms with Gasteiger partial charge in [0.05, 0.1) is 19.3 Å². The maximum absolute atomic E-state index is 11.9. The van der Waals surface area contributed by atoms with Crippen LogP contribution in [0.2, 0.25) is 0 Å². The summed E-state index contributed by atoms with van der Waals surface area (Å²) >= 11 is 0. The molecular formula is C16H27N3O3. The first-order valence-corrected chi connectivity index (χ1v) is 8.08. The van der Waals surface area contributed by atoms with E-state index in [1.165, 1.54) is 19.3 Å². The van der Waals surface area contributed by atoms with Crippen LogP contribution in [0.25, 0.3) is 0 Å². The highest BCUT2D eigenvalue weighted by molar-refractivity contribution is 5.91. The molecule has 2 atom stereocenters. The minimum Gasteiger partial charge on any atom is -0.377 e. The van der Waals surface area contributed by atoms with E-state index in [0.29, 0.717) is 36.8 Å². The number of rotatable bonds is 7. The number of nitrogens with one attached hydrogen (secondary N) is 1. The monoisotopic (exact) mass is 309 g/mol. The number of aromatic nitrogens is 1. The summed E-state index contributed by atoms with van der Waals surface area (Å²) in [6.45, 7) is 5.78. The van der Waals surface area contributed by atoms with E-state index in [9.17, 15) is 4.79 Å². The number of hydrogen-bond donors (Lipinski definition) is 1. The number of nitrogens with zero attached hydrogens (tertiary/aromatic N) is 2. The Morgan fingerprint density at radius 3 is 2.95 bits per heavy atom. The van der Waals surface area contributed by atoms with Crippen molar-refractivity contribution in [3.05, 3.63) is 11.8 Å². The van der Waals surface area contributed by atoms with Crippen molar-refractivity contribution in [3.63, 3.8) is 0 Å². The molecule has 0 radical (unpaired) electrons. The first kappa shape index (κ1) is 17.0. The summed E-state index contributed by atoms with van der Waals surface area (Å²) in [5, 5.41) is 6.46. The molecule has 0 spiro atoms. The molecular weight excluding hydrogens is 282 g/mol. The van der Waals surface area contributed by atoms with Gasteiger partial charge in [0.15, 0.2) is 5.82 Å². The van der Waals surface area contributed by atoms with Crippen molar-refractivity contribution in [3.8, 4) is 0 Å². The molecule has 0 aromatic carbocycles. The third kappa shape index (κ3) is 5.42. The van der Waals surface area contributed by atoms with Crippen molar-refractivity contribution in [1.29, 1.82) is 0 Å². The summed E-state index contributed by atoms with van der Waals surface area (Å²) in [5.74, 6) is 1.70. The number of anilines is 1. The number of likely N-dealkylation sites (N-methyl/N-ethyl adjacent to an activating group) is 1. The van der Waals surface area contributed by atoms with E-state index >= 15 is 0 Å². The van der Waals surface area contributed by atoms with Gasteiger partial charge in [-0.25, -0.2) is 0 Å². The molecule has 0 bridgehead atoms. The van der Waals surface area contributed by atoms with Crippen molar-refractivity contribution in [1.82, 2.24) is 10.1 Å². The van der Waals surface area contributed by atoms with E-state index < -0.39 is 0 Å². The zero-order valence-corrected chi connectivity index (χ0v) is 13.8. The van der Waals surface area contributed by atoms with Crippen molar-refractivity contribution >= 4 is 11.7 Å². The molecule has 1 aromatic heterocycles. The summed E-state index contributed by atoms with van der Waals surface area (Å²) < 4.78 is 10.9. The second-order valence-corrected chi connectivity index (χ2v) is 6.28. The van der Waals surface area contributed by atoms with Crippen LogP contribution in [0, 0.1) is 12.8 Å². The second kappa shape index (κ2) is 8.29. The summed E-state index contributed by atoms with van der Waals surface area (Å²) in [6, 6.07) is 1.70. The Bertz CT molecular complexity index is 475. The van der Waals surface area contributed by atoms with Gasteiger partial charge < -0.3 is 14.6 Å². The van der Waals surface area contributed by atoms with Gasteiger partial charge in [0, 0.05) is 12.6 Å². The van der Waals surface area contributed by atoms with Gasteiger partial charge in [-0.1, -0.05) is 24.9 Å². The molecule has 1 heterocycles. The minimum atomic E-state index is -0.0955. The summed E-state index contributed by atoms with van der Waals surface area (Å²) in [4.78, 5) is 13.8. The summed E-state index contributed by atoms with van der Waals surface area (Å²) in [7, 11) is 1.92. The van der Waals surface area contributed by atoms with E-state index in [4.69, 9.17) is 9.26 Å². The van der Waals surface area contributed by atoms with Crippen LogP contribution >= 0.6 is 0 Å². The Morgan fingerprint density at radius 1 is 1.50 bits per heavy atom. The van der Waals surface area contributed by atoms with Crippen molar-refractivity contribution in [2.75, 3.05) is 32.1 Å². The van der Waals surface area contributed by atoms with Crippen LogP contribution in [-0.4, -0.2) is 48.8 Å². The SMILES string of the molecule is Cc1cc(NC(=O)CN(C)CCO[C@@H]2CCCC[C@H]2C)no1. The zero-order valence-electron chi connectivity index (χ0n) is 13.8. The molecule has 1 fully saturated rings. The van der Waals surface area contributed by atoms with Crippen LogP contribution in [0.1, 0.15) is 38.4 Å². The fourth-order valence-electron chi connectivity index (χ4n) is 2.82. The van der Waals surface area contributed by atoms with Crippen LogP contribution in [-0.2, 0) is 9.53 Å². The lowest BCUT2D eigenvalue weighted by Crippen LogP contribution is -2.34. The van der Waals surface area contributed by atoms with Crippen LogP contribution < -0.4 is 5.32 Å². The molecule has 1 aliphatic rings. The highest BCUT2D eigenvalue weighted by Crippen LogP contribution is 2.26. The molecule has 0 aliphatic heterocycles. The predicted molar refractivity (Wildman–Crippen MR) is 84.7 cm³/mol. The third-order valence-corrected chi connectivity index (χ3v) is 4.15. The number of amides is 1. The second-order valence-electron chi connectivity index (χ2n) is 6.28. The Labute approximate surface area is 132 Å². The van der Waals surface area contributed by atoms with E-state index in [-0.39, 0.29) is 5.91 Å². The van der Waals surface area contributed by atoms with Gasteiger partial charge in [-0.15, -0.1) is 0 Å². The molecule has 1 saturated carbocycles. The molecule has 2 rings (SSSR count). The topological polar surface area (TPSA) is 67.6 Å². The lowest BCUT2D eigenvalue weighted by Gasteiger charge is -2.29. The van der Waals surface area contributed by atoms with Gasteiger partial charge in [0.25, 0.3) is 0 Å². The smallest absolute Gasteiger partial charge is 0.239 e. The first-order valence-electron chi connectivity index (χ1n) is 8.08. The molecule has 1 N–H and O–H groups in total. The van der Waals surface area contributed by atoms with Crippen LogP contribution in [0.5, 0.6) is 0 Å². The van der Waals surface area contributed by atoms with Crippen LogP contribution in [0.3, 0.4) is 0 Å². The number of carbonyl (C=O) groups excluding carboxylic acids is 1. The normalized spacial score (nSPS) is 22.0. The Balaban J connectivity index is 1.62. The number of aryl methyl sites for hydroxylation is 1. The van der Waals surface area contributed by atoms with Crippen molar-refractivity contribution in [2.45, 2.75) is 45.6 Å². The van der Waals surface area contributed by atoms with Crippen LogP contribution in [0.4, 0.5) is 5.82 Å². The fraction of sp³-hybridized carbons (Fsp3) is 0.750. The molecule has 1 aliphatic carbocycles. The molecule has 6 nitrogen and oxygen atoms in total. The first-order chi connectivity index (χ1) is 10.5. The maximum Gasteiger partial charge on any atom is 0.239 e. The molecule has 1 aromatic rings. The number of carbonyl (C=O) groups is 1. The average Bonchev–Trinajstić information content (AvgIpc) is 2.86. The lowest BCUT2D eigenvalue weighted by atomic mass is 9.88. The number of hydrogen-bond acceptors (Lipinski definition) is 5. The van der Waals surface area contributed by atoms with E-state index in [0.717, 1.165) is 13.0 Å². The molecule has 0 unspecified atom stereocenters. The molecule has 6 heteroatoms. The Hall–Kier alpha value is -1.40. The molecule has 1 amide bonds. The van der Waals surface area contributed by atoms with Gasteiger partial charge >= 0.3 is 0 Å². The van der Waals surface area contributed by atoms with Gasteiger partial charge in [-0.05, 0) is 32.7 Å². The van der Waals surface area contributed by atoms with Crippen molar-refractivity contribution < 1.29 is 14.1 Å². The lowest BCUT2D eigenvalue weighted by molar-refractivity contribution is -0.117. The number of ether oxygens (including phenoxy) is 1. The average molecular weight is 309 g/mol. The molecule has 22 heavy (non-hydrogen) atoms. The minimum absolute atomic E-state index is 0.0955. The van der Waals surface area contributed by atoms with Gasteiger partial charge in [-0.2, -0.15) is 0 Å². The maximum atomic E-state index is 11.9. The Morgan fingerprint density at radius 2 is 2.27 bits per heavy atom. The van der Waals surface area contributed by atoms with E-state index in [2.05, 4.69) is 17.4 Å². The highest BCUT2D eigenvalue weighted by Gasteiger charge is 2.21. The van der Waals surface area contributed by atoms with Crippen molar-refractivity contribution in [2.24, 2.45) is 5.92 Å². The van der Waals surface area contributed by atoms with Crippen LogP contribution in [0.15, 0.2) is 10.6 Å². The molecule has 124 valence electrons. The molecule has 0 saturated heterocycles. The largest absolute Gasteiger partial charge is 0.377 e. The highest BCUT2D eigenvalue weighted by atomic mass is 16.5. The zero-order chi connectivity index (χ0) is 15.9. The van der Waals surface area contributed by atoms with Gasteiger partial charge in [0.2, 0.25) is 5.91 Å². The fourth-order valence-corrected chi connectivity index (χ4v) is 2.82. The quantitative estimate of drug-likeness (QED) is 0.838. The standard InChI is InChI=1S/C16H27N3O3/c1-12-6-4-5-7-14(12)21-9-8-19(3)11-16(20)17-15-10-13(2)22-18-15/h10,12,14H,4-9,11H2,1-3H3,(H,17,18,20)/t12-,14-/m1/s1. The summed E-state index contributed by atoms with van der Waals surface area (Å²) in [6.07, 6.45) is 5.40. The Kier molecular flexibility index (Phi) is 6.39. The van der Waals surface area contributed by atoms with Gasteiger partial charge in [0.1, 0.15) is 5.76 Å².